The van der Waals surface area contributed by atoms with Crippen LogP contribution in [0.25, 0.3) is 10.8 Å². The number of carbonyl (C=O) groups is 1. The summed E-state index contributed by atoms with van der Waals surface area (Å²) in [5, 5.41) is 14.8. The highest BCUT2D eigenvalue weighted by Gasteiger charge is 2.40. The van der Waals surface area contributed by atoms with Gasteiger partial charge in [-0.25, -0.2) is 4.98 Å². The van der Waals surface area contributed by atoms with E-state index in [0.29, 0.717) is 30.2 Å². The summed E-state index contributed by atoms with van der Waals surface area (Å²) in [5.41, 5.74) is 11.0. The van der Waals surface area contributed by atoms with E-state index in [9.17, 15) is 9.90 Å². The summed E-state index contributed by atoms with van der Waals surface area (Å²) >= 11 is 6.20. The molecule has 10 heteroatoms. The van der Waals surface area contributed by atoms with Crippen molar-refractivity contribution in [2.24, 2.45) is 16.5 Å². The van der Waals surface area contributed by atoms with Crippen LogP contribution >= 0.6 is 36.4 Å². The van der Waals surface area contributed by atoms with Crippen LogP contribution in [0.5, 0.6) is 0 Å². The number of carboxylic acid groups (broad SMARTS) is 1. The Morgan fingerprint density at radius 2 is 1.93 bits per heavy atom. The number of nitrogens with one attached hydrogen (secondary N) is 1. The molecule has 0 radical (unpaired) electrons. The van der Waals surface area contributed by atoms with E-state index in [-0.39, 0.29) is 30.8 Å². The molecule has 148 valence electrons. The molecule has 1 aromatic carbocycles. The number of nitrogens with two attached hydrogens (primary N) is 2. The Hall–Kier alpha value is -1.80. The maximum atomic E-state index is 11.6. The first-order valence-electron chi connectivity index (χ1n) is 8.06. The SMILES string of the molecule is Cl.Cl.NC(N)=Nc1ncc(Cl)c2ccc(CNC3(C(=O)O)CCCC3)cc12. The Kier molecular flexibility index (Phi) is 8.10. The maximum Gasteiger partial charge on any atom is 0.323 e. The van der Waals surface area contributed by atoms with Gasteiger partial charge in [0.1, 0.15) is 5.54 Å². The van der Waals surface area contributed by atoms with Crippen LogP contribution in [0.3, 0.4) is 0 Å². The van der Waals surface area contributed by atoms with E-state index in [1.54, 1.807) is 0 Å². The van der Waals surface area contributed by atoms with E-state index in [2.05, 4.69) is 15.3 Å². The fourth-order valence-electron chi connectivity index (χ4n) is 3.28. The molecular weight excluding hydrogens is 413 g/mol. The zero-order valence-corrected chi connectivity index (χ0v) is 16.8. The Labute approximate surface area is 174 Å². The fraction of sp³-hybridized carbons (Fsp3) is 0.353. The number of aromatic nitrogens is 1. The molecule has 1 saturated carbocycles. The van der Waals surface area contributed by atoms with E-state index in [4.69, 9.17) is 23.1 Å². The van der Waals surface area contributed by atoms with E-state index in [1.165, 1.54) is 6.20 Å². The standard InChI is InChI=1S/C17H20ClN5O2.2ClH/c18-13-9-21-14(23-16(19)20)12-7-10(3-4-11(12)13)8-22-17(15(24)25)5-1-2-6-17;;/h3-4,7,9,22H,1-2,5-6,8H2,(H,24,25)(H4,19,20,21,23);2*1H. The molecule has 1 fully saturated rings. The zero-order chi connectivity index (χ0) is 18.0. The van der Waals surface area contributed by atoms with Gasteiger partial charge in [-0.05, 0) is 24.5 Å². The van der Waals surface area contributed by atoms with Crippen molar-refractivity contribution in [2.45, 2.75) is 37.8 Å². The molecule has 0 spiro atoms. The summed E-state index contributed by atoms with van der Waals surface area (Å²) in [7, 11) is 0. The predicted octanol–water partition coefficient (Wildman–Crippen LogP) is 3.12. The second kappa shape index (κ2) is 9.41. The highest BCUT2D eigenvalue weighted by Crippen LogP contribution is 2.32. The molecule has 1 aliphatic rings. The average Bonchev–Trinajstić information content (AvgIpc) is 3.06. The van der Waals surface area contributed by atoms with Gasteiger partial charge < -0.3 is 16.6 Å². The molecule has 7 nitrogen and oxygen atoms in total. The third kappa shape index (κ3) is 4.93. The molecule has 3 rings (SSSR count). The van der Waals surface area contributed by atoms with Crippen LogP contribution in [0.4, 0.5) is 5.82 Å². The minimum absolute atomic E-state index is 0. The number of hydrogen-bond acceptors (Lipinski definition) is 4. The molecule has 1 aliphatic carbocycles. The van der Waals surface area contributed by atoms with Crippen LogP contribution in [-0.4, -0.2) is 27.6 Å². The first-order chi connectivity index (χ1) is 11.9. The van der Waals surface area contributed by atoms with Crippen molar-refractivity contribution in [1.29, 1.82) is 0 Å². The quantitative estimate of drug-likeness (QED) is 0.423. The number of carboxylic acids is 1. The lowest BCUT2D eigenvalue weighted by Crippen LogP contribution is -2.49. The van der Waals surface area contributed by atoms with Crippen LogP contribution in [-0.2, 0) is 11.3 Å². The van der Waals surface area contributed by atoms with Crippen molar-refractivity contribution in [3.8, 4) is 0 Å². The highest BCUT2D eigenvalue weighted by molar-refractivity contribution is 6.35. The summed E-state index contributed by atoms with van der Waals surface area (Å²) in [4.78, 5) is 19.9. The lowest BCUT2D eigenvalue weighted by atomic mass is 9.97. The molecule has 0 aliphatic heterocycles. The molecule has 1 heterocycles. The Morgan fingerprint density at radius 3 is 2.52 bits per heavy atom. The van der Waals surface area contributed by atoms with Gasteiger partial charge in [0.2, 0.25) is 0 Å². The van der Waals surface area contributed by atoms with Crippen molar-refractivity contribution in [2.75, 3.05) is 0 Å². The molecule has 27 heavy (non-hydrogen) atoms. The summed E-state index contributed by atoms with van der Waals surface area (Å²) in [6, 6.07) is 5.66. The summed E-state index contributed by atoms with van der Waals surface area (Å²) in [5.74, 6) is -0.498. The molecule has 0 saturated heterocycles. The van der Waals surface area contributed by atoms with Crippen LogP contribution in [0.15, 0.2) is 29.4 Å². The van der Waals surface area contributed by atoms with E-state index >= 15 is 0 Å². The van der Waals surface area contributed by atoms with Gasteiger partial charge in [-0.3, -0.25) is 10.1 Å². The lowest BCUT2D eigenvalue weighted by molar-refractivity contribution is -0.144. The zero-order valence-electron chi connectivity index (χ0n) is 14.4. The lowest BCUT2D eigenvalue weighted by Gasteiger charge is -2.25. The second-order valence-electron chi connectivity index (χ2n) is 6.29. The number of aliphatic carboxylic acids is 1. The van der Waals surface area contributed by atoms with Crippen molar-refractivity contribution >= 4 is 64.9 Å². The number of halogens is 3. The number of aliphatic imine (C=N–C) groups is 1. The number of fused-ring (bicyclic) bond motifs is 1. The van der Waals surface area contributed by atoms with Gasteiger partial charge in [0, 0.05) is 23.5 Å². The minimum Gasteiger partial charge on any atom is -0.480 e. The van der Waals surface area contributed by atoms with Gasteiger partial charge in [-0.1, -0.05) is 36.6 Å². The van der Waals surface area contributed by atoms with Gasteiger partial charge in [-0.15, -0.1) is 24.8 Å². The largest absolute Gasteiger partial charge is 0.480 e. The van der Waals surface area contributed by atoms with Gasteiger partial charge in [0.05, 0.1) is 5.02 Å². The highest BCUT2D eigenvalue weighted by atomic mass is 35.5. The average molecular weight is 435 g/mol. The molecular formula is C17H22Cl3N5O2. The fourth-order valence-corrected chi connectivity index (χ4v) is 3.49. The van der Waals surface area contributed by atoms with Crippen molar-refractivity contribution < 1.29 is 9.90 Å². The third-order valence-electron chi connectivity index (χ3n) is 4.61. The van der Waals surface area contributed by atoms with Crippen molar-refractivity contribution in [3.63, 3.8) is 0 Å². The third-order valence-corrected chi connectivity index (χ3v) is 4.92. The number of rotatable bonds is 5. The molecule has 6 N–H and O–H groups in total. The molecule has 0 bridgehead atoms. The number of pyridine rings is 1. The van der Waals surface area contributed by atoms with Crippen LogP contribution in [0, 0.1) is 0 Å². The molecule has 1 aromatic heterocycles. The number of guanidine groups is 1. The number of nitrogens with zero attached hydrogens (tertiary/aromatic N) is 2. The normalized spacial score (nSPS) is 14.9. The minimum atomic E-state index is -0.843. The summed E-state index contributed by atoms with van der Waals surface area (Å²) in [6.07, 6.45) is 4.63. The van der Waals surface area contributed by atoms with E-state index in [0.717, 1.165) is 29.2 Å². The smallest absolute Gasteiger partial charge is 0.323 e. The topological polar surface area (TPSA) is 127 Å². The molecule has 2 aromatic rings. The number of hydrogen-bond donors (Lipinski definition) is 4. The van der Waals surface area contributed by atoms with Crippen LogP contribution < -0.4 is 16.8 Å². The summed E-state index contributed by atoms with van der Waals surface area (Å²) < 4.78 is 0. The van der Waals surface area contributed by atoms with Crippen LogP contribution in [0.2, 0.25) is 5.02 Å². The van der Waals surface area contributed by atoms with Gasteiger partial charge in [0.25, 0.3) is 0 Å². The monoisotopic (exact) mass is 433 g/mol. The molecule has 0 unspecified atom stereocenters. The predicted molar refractivity (Wildman–Crippen MR) is 112 cm³/mol. The Morgan fingerprint density at radius 1 is 1.26 bits per heavy atom. The molecule has 0 amide bonds. The van der Waals surface area contributed by atoms with E-state index < -0.39 is 11.5 Å². The summed E-state index contributed by atoms with van der Waals surface area (Å²) in [6.45, 7) is 0.427. The second-order valence-corrected chi connectivity index (χ2v) is 6.70. The van der Waals surface area contributed by atoms with Gasteiger partial charge in [0.15, 0.2) is 11.8 Å². The van der Waals surface area contributed by atoms with E-state index in [1.807, 2.05) is 18.2 Å². The Balaban J connectivity index is 0.00000182. The first kappa shape index (κ1) is 23.2. The Bertz CT molecular complexity index is 850. The van der Waals surface area contributed by atoms with Crippen molar-refractivity contribution in [3.05, 3.63) is 35.0 Å². The van der Waals surface area contributed by atoms with Crippen molar-refractivity contribution in [1.82, 2.24) is 10.3 Å². The maximum absolute atomic E-state index is 11.6. The van der Waals surface area contributed by atoms with Gasteiger partial charge >= 0.3 is 5.97 Å². The first-order valence-corrected chi connectivity index (χ1v) is 8.44. The molecule has 0 atom stereocenters. The van der Waals surface area contributed by atoms with Crippen LogP contribution in [0.1, 0.15) is 31.2 Å². The van der Waals surface area contributed by atoms with Gasteiger partial charge in [-0.2, -0.15) is 4.99 Å². The number of benzene rings is 1.